The maximum atomic E-state index is 13.3. The number of ether oxygens (including phenoxy) is 2. The Hall–Kier alpha value is -4.05. The molecule has 0 radical (unpaired) electrons. The number of aromatic amines is 1. The van der Waals surface area contributed by atoms with Gasteiger partial charge in [0.15, 0.2) is 5.82 Å². The van der Waals surface area contributed by atoms with Crippen molar-refractivity contribution in [2.75, 3.05) is 14.2 Å². The molecule has 2 heterocycles. The Bertz CT molecular complexity index is 1390. The molecule has 0 fully saturated rings. The van der Waals surface area contributed by atoms with Crippen LogP contribution in [0.1, 0.15) is 17.0 Å². The number of hydrogen-bond donors (Lipinski definition) is 2. The molecule has 0 aliphatic carbocycles. The zero-order valence-corrected chi connectivity index (χ0v) is 20.3. The molecule has 4 aromatic rings. The first kappa shape index (κ1) is 24.1. The minimum Gasteiger partial charge on any atom is -0.497 e. The number of nitrogens with zero attached hydrogens (tertiary/aromatic N) is 3. The molecular weight excluding hydrogens is 471 g/mol. The van der Waals surface area contributed by atoms with Crippen LogP contribution >= 0.6 is 11.8 Å². The quantitative estimate of drug-likeness (QED) is 0.255. The largest absolute Gasteiger partial charge is 0.497 e. The third-order valence-electron chi connectivity index (χ3n) is 5.34. The number of aryl methyl sites for hydroxylation is 1. The minimum atomic E-state index is -1.10. The molecule has 2 N–H and O–H groups in total. The number of halogens is 1. The van der Waals surface area contributed by atoms with E-state index < -0.39 is 5.97 Å². The van der Waals surface area contributed by atoms with Gasteiger partial charge in [0, 0.05) is 28.7 Å². The molecule has 8 nitrogen and oxygen atoms in total. The summed E-state index contributed by atoms with van der Waals surface area (Å²) in [5.41, 5.74) is 3.92. The molecule has 10 heteroatoms. The standard InChI is InChI=1S/C25H23FN4O4S/c1-14-9-16(15(2)30(14)19-7-5-18(26)6-8-19)12-22(24(31)32)35-25-27-23(28-29-25)17-10-20(33-3)13-21(11-17)34-4/h5-13H,1-4H3,(H,31,32)(H,27,28,29)/b22-12-. The third kappa shape index (κ3) is 5.22. The number of aliphatic carboxylic acids is 1. The number of carboxylic acids is 1. The van der Waals surface area contributed by atoms with E-state index in [1.807, 2.05) is 24.5 Å². The van der Waals surface area contributed by atoms with Crippen LogP contribution < -0.4 is 9.47 Å². The molecule has 0 aliphatic heterocycles. The van der Waals surface area contributed by atoms with Gasteiger partial charge in [-0.3, -0.25) is 5.10 Å². The Labute approximate surface area is 205 Å². The molecule has 35 heavy (non-hydrogen) atoms. The van der Waals surface area contributed by atoms with Crippen molar-refractivity contribution in [1.29, 1.82) is 0 Å². The fraction of sp³-hybridized carbons (Fsp3) is 0.160. The number of hydrogen-bond acceptors (Lipinski definition) is 6. The fourth-order valence-electron chi connectivity index (χ4n) is 3.66. The van der Waals surface area contributed by atoms with Crippen LogP contribution in [0.5, 0.6) is 11.5 Å². The number of H-pyrrole nitrogens is 1. The van der Waals surface area contributed by atoms with Gasteiger partial charge in [-0.25, -0.2) is 14.2 Å². The molecule has 0 saturated carbocycles. The van der Waals surface area contributed by atoms with Gasteiger partial charge in [0.05, 0.1) is 14.2 Å². The van der Waals surface area contributed by atoms with Crippen LogP contribution in [0.2, 0.25) is 0 Å². The van der Waals surface area contributed by atoms with Crippen molar-refractivity contribution in [2.24, 2.45) is 0 Å². The van der Waals surface area contributed by atoms with E-state index in [0.29, 0.717) is 22.9 Å². The highest BCUT2D eigenvalue weighted by atomic mass is 32.2. The van der Waals surface area contributed by atoms with Gasteiger partial charge in [-0.2, -0.15) is 0 Å². The molecule has 0 amide bonds. The van der Waals surface area contributed by atoms with Crippen LogP contribution in [-0.4, -0.2) is 45.0 Å². The van der Waals surface area contributed by atoms with E-state index in [0.717, 1.165) is 34.4 Å². The van der Waals surface area contributed by atoms with Crippen LogP contribution in [0, 0.1) is 19.7 Å². The number of carbonyl (C=O) groups is 1. The highest BCUT2D eigenvalue weighted by molar-refractivity contribution is 8.04. The Morgan fingerprint density at radius 1 is 1.09 bits per heavy atom. The summed E-state index contributed by atoms with van der Waals surface area (Å²) in [6.45, 7) is 3.79. The summed E-state index contributed by atoms with van der Waals surface area (Å²) in [5, 5.41) is 17.1. The number of thioether (sulfide) groups is 1. The molecule has 4 rings (SSSR count). The number of rotatable bonds is 8. The Morgan fingerprint density at radius 3 is 2.34 bits per heavy atom. The van der Waals surface area contributed by atoms with Gasteiger partial charge in [-0.1, -0.05) is 0 Å². The maximum Gasteiger partial charge on any atom is 0.342 e. The highest BCUT2D eigenvalue weighted by Crippen LogP contribution is 2.32. The summed E-state index contributed by atoms with van der Waals surface area (Å²) in [6, 6.07) is 13.3. The first-order valence-corrected chi connectivity index (χ1v) is 11.3. The van der Waals surface area contributed by atoms with Crippen LogP contribution in [0.25, 0.3) is 23.2 Å². The number of carboxylic acid groups (broad SMARTS) is 1. The van der Waals surface area contributed by atoms with Crippen molar-refractivity contribution in [3.8, 4) is 28.6 Å². The summed E-state index contributed by atoms with van der Waals surface area (Å²) in [7, 11) is 3.11. The molecule has 0 aliphatic rings. The van der Waals surface area contributed by atoms with E-state index in [-0.39, 0.29) is 15.9 Å². The Kier molecular flexibility index (Phi) is 6.92. The van der Waals surface area contributed by atoms with E-state index in [1.165, 1.54) is 12.1 Å². The van der Waals surface area contributed by atoms with Crippen molar-refractivity contribution in [1.82, 2.24) is 19.7 Å². The lowest BCUT2D eigenvalue weighted by atomic mass is 10.2. The normalized spacial score (nSPS) is 11.5. The SMILES string of the molecule is COc1cc(OC)cc(-c2nc(S/C(=C\c3cc(C)n(-c4ccc(F)cc4)c3C)C(=O)O)n[nH]2)c1. The second-order valence-electron chi connectivity index (χ2n) is 7.62. The predicted molar refractivity (Wildman–Crippen MR) is 132 cm³/mol. The molecule has 0 atom stereocenters. The van der Waals surface area contributed by atoms with Crippen LogP contribution in [0.15, 0.2) is 58.6 Å². The average molecular weight is 495 g/mol. The molecule has 0 saturated heterocycles. The van der Waals surface area contributed by atoms with Crippen molar-refractivity contribution in [2.45, 2.75) is 19.0 Å². The van der Waals surface area contributed by atoms with Crippen molar-refractivity contribution < 1.29 is 23.8 Å². The summed E-state index contributed by atoms with van der Waals surface area (Å²) < 4.78 is 25.9. The zero-order valence-electron chi connectivity index (χ0n) is 19.5. The minimum absolute atomic E-state index is 0.0538. The zero-order chi connectivity index (χ0) is 25.1. The lowest BCUT2D eigenvalue weighted by Gasteiger charge is -2.09. The summed E-state index contributed by atoms with van der Waals surface area (Å²) in [5.74, 6) is 0.208. The summed E-state index contributed by atoms with van der Waals surface area (Å²) in [6.07, 6.45) is 1.58. The lowest BCUT2D eigenvalue weighted by Crippen LogP contribution is -2.00. The second kappa shape index (κ2) is 10.1. The maximum absolute atomic E-state index is 13.3. The molecule has 2 aromatic carbocycles. The Morgan fingerprint density at radius 2 is 1.74 bits per heavy atom. The molecule has 2 aromatic heterocycles. The van der Waals surface area contributed by atoms with Gasteiger partial charge in [0.1, 0.15) is 22.2 Å². The van der Waals surface area contributed by atoms with E-state index in [4.69, 9.17) is 9.47 Å². The summed E-state index contributed by atoms with van der Waals surface area (Å²) in [4.78, 5) is 16.5. The highest BCUT2D eigenvalue weighted by Gasteiger charge is 2.17. The number of nitrogens with one attached hydrogen (secondary N) is 1. The van der Waals surface area contributed by atoms with Gasteiger partial charge >= 0.3 is 5.97 Å². The molecule has 0 unspecified atom stereocenters. The summed E-state index contributed by atoms with van der Waals surface area (Å²) >= 11 is 0.935. The van der Waals surface area contributed by atoms with Gasteiger partial charge in [0.25, 0.3) is 0 Å². The number of methoxy groups -OCH3 is 2. The monoisotopic (exact) mass is 494 g/mol. The van der Waals surface area contributed by atoms with Crippen LogP contribution in [-0.2, 0) is 4.79 Å². The van der Waals surface area contributed by atoms with E-state index in [9.17, 15) is 14.3 Å². The van der Waals surface area contributed by atoms with Crippen molar-refractivity contribution in [3.63, 3.8) is 0 Å². The first-order valence-electron chi connectivity index (χ1n) is 10.5. The molecule has 0 spiro atoms. The molecule has 180 valence electrons. The molecule has 0 bridgehead atoms. The predicted octanol–water partition coefficient (Wildman–Crippen LogP) is 5.25. The van der Waals surface area contributed by atoms with Gasteiger partial charge < -0.3 is 19.1 Å². The first-order chi connectivity index (χ1) is 16.8. The third-order valence-corrected chi connectivity index (χ3v) is 6.22. The van der Waals surface area contributed by atoms with Crippen molar-refractivity contribution in [3.05, 3.63) is 76.2 Å². The smallest absolute Gasteiger partial charge is 0.342 e. The van der Waals surface area contributed by atoms with E-state index in [2.05, 4.69) is 15.2 Å². The topological polar surface area (TPSA) is 102 Å². The van der Waals surface area contributed by atoms with E-state index in [1.54, 1.807) is 50.6 Å². The lowest BCUT2D eigenvalue weighted by molar-refractivity contribution is -0.131. The van der Waals surface area contributed by atoms with Gasteiger partial charge in [-0.05, 0) is 79.7 Å². The van der Waals surface area contributed by atoms with Gasteiger partial charge in [-0.15, -0.1) is 5.10 Å². The Balaban J connectivity index is 1.64. The average Bonchev–Trinajstić information content (AvgIpc) is 3.43. The van der Waals surface area contributed by atoms with Crippen molar-refractivity contribution >= 4 is 23.8 Å². The van der Waals surface area contributed by atoms with E-state index >= 15 is 0 Å². The fourth-order valence-corrected chi connectivity index (χ4v) is 4.36. The molecular formula is C25H23FN4O4S. The van der Waals surface area contributed by atoms with Gasteiger partial charge in [0.2, 0.25) is 5.16 Å². The van der Waals surface area contributed by atoms with Crippen LogP contribution in [0.3, 0.4) is 0 Å². The second-order valence-corrected chi connectivity index (χ2v) is 8.63. The number of aromatic nitrogens is 4. The van der Waals surface area contributed by atoms with Crippen LogP contribution in [0.4, 0.5) is 4.39 Å². The number of benzene rings is 2.